The van der Waals surface area contributed by atoms with Gasteiger partial charge >= 0.3 is 0 Å². The summed E-state index contributed by atoms with van der Waals surface area (Å²) in [6, 6.07) is 0.513. The Hall–Kier alpha value is 0. The van der Waals surface area contributed by atoms with Crippen LogP contribution in [0.4, 0.5) is 0 Å². The molecule has 0 saturated heterocycles. The zero-order valence-corrected chi connectivity index (χ0v) is 15.8. The molecule has 0 aliphatic rings. The minimum atomic E-state index is 0.513. The maximum Gasteiger partial charge on any atom is 0.0766 e. The number of hydrogen-bond acceptors (Lipinski definition) is 3. The molecule has 116 valence electrons. The number of halogens is 1. The molecular weight excluding hydrogens is 334 g/mol. The largest absolute Gasteiger partial charge is 0.313 e. The van der Waals surface area contributed by atoms with Crippen molar-refractivity contribution in [1.29, 1.82) is 0 Å². The second-order valence-electron chi connectivity index (χ2n) is 5.42. The van der Waals surface area contributed by atoms with Crippen LogP contribution in [0.3, 0.4) is 0 Å². The molecule has 1 aromatic heterocycles. The molecule has 1 heterocycles. The second-order valence-corrected chi connectivity index (χ2v) is 7.82. The Kier molecular flexibility index (Phi) is 8.22. The molecule has 0 aromatic carbocycles. The van der Waals surface area contributed by atoms with Gasteiger partial charge in [-0.1, -0.05) is 27.7 Å². The third-order valence-corrected chi connectivity index (χ3v) is 5.43. The van der Waals surface area contributed by atoms with E-state index >= 15 is 0 Å². The minimum Gasteiger partial charge on any atom is -0.313 e. The van der Waals surface area contributed by atoms with Crippen molar-refractivity contribution in [3.8, 4) is 0 Å². The van der Waals surface area contributed by atoms with E-state index in [-0.39, 0.29) is 0 Å². The Labute approximate surface area is 136 Å². The van der Waals surface area contributed by atoms with E-state index in [2.05, 4.69) is 54.0 Å². The molecule has 3 nitrogen and oxygen atoms in total. The molecule has 0 spiro atoms. The highest BCUT2D eigenvalue weighted by Crippen LogP contribution is 2.24. The van der Waals surface area contributed by atoms with Crippen LogP contribution in [0.25, 0.3) is 0 Å². The zero-order valence-electron chi connectivity index (χ0n) is 13.4. The Bertz CT molecular complexity index is 404. The van der Waals surface area contributed by atoms with E-state index in [0.717, 1.165) is 30.8 Å². The van der Waals surface area contributed by atoms with Crippen molar-refractivity contribution in [2.24, 2.45) is 7.05 Å². The summed E-state index contributed by atoms with van der Waals surface area (Å²) in [5, 5.41) is 8.95. The van der Waals surface area contributed by atoms with E-state index in [4.69, 9.17) is 0 Å². The van der Waals surface area contributed by atoms with Gasteiger partial charge in [0.2, 0.25) is 0 Å². The molecule has 20 heavy (non-hydrogen) atoms. The summed E-state index contributed by atoms with van der Waals surface area (Å²) in [5.74, 6) is 1.15. The molecule has 1 N–H and O–H groups in total. The lowest BCUT2D eigenvalue weighted by atomic mass is 10.1. The molecule has 0 radical (unpaired) electrons. The third kappa shape index (κ3) is 5.41. The number of hydrogen-bond donors (Lipinski definition) is 1. The molecule has 0 saturated carbocycles. The molecule has 0 bridgehead atoms. The zero-order chi connectivity index (χ0) is 15.1. The molecule has 0 aliphatic heterocycles. The standard InChI is InChI=1S/C15H28BrN3S/c1-6-8-17-12(10-20-11(3)4)9-14-15(16)13(7-2)18-19(14)5/h11-12,17H,6-10H2,1-5H3. The van der Waals surface area contributed by atoms with Gasteiger partial charge in [-0.15, -0.1) is 0 Å². The van der Waals surface area contributed by atoms with E-state index in [1.807, 2.05) is 23.5 Å². The summed E-state index contributed by atoms with van der Waals surface area (Å²) >= 11 is 5.75. The van der Waals surface area contributed by atoms with Crippen molar-refractivity contribution in [3.05, 3.63) is 15.9 Å². The van der Waals surface area contributed by atoms with Gasteiger partial charge < -0.3 is 5.32 Å². The van der Waals surface area contributed by atoms with E-state index in [0.29, 0.717) is 11.3 Å². The number of aromatic nitrogens is 2. The van der Waals surface area contributed by atoms with Crippen molar-refractivity contribution in [1.82, 2.24) is 15.1 Å². The van der Waals surface area contributed by atoms with Crippen molar-refractivity contribution >= 4 is 27.7 Å². The lowest BCUT2D eigenvalue weighted by Gasteiger charge is -2.19. The van der Waals surface area contributed by atoms with E-state index in [1.165, 1.54) is 16.6 Å². The number of rotatable bonds is 9. The predicted octanol–water partition coefficient (Wildman–Crippen LogP) is 3.80. The van der Waals surface area contributed by atoms with Gasteiger partial charge in [0.15, 0.2) is 0 Å². The van der Waals surface area contributed by atoms with Gasteiger partial charge in [0, 0.05) is 25.3 Å². The van der Waals surface area contributed by atoms with Crippen LogP contribution in [0, 0.1) is 0 Å². The first-order chi connectivity index (χ1) is 9.49. The lowest BCUT2D eigenvalue weighted by molar-refractivity contribution is 0.530. The average Bonchev–Trinajstić information content (AvgIpc) is 2.68. The number of nitrogens with zero attached hydrogens (tertiary/aromatic N) is 2. The maximum atomic E-state index is 4.59. The average molecular weight is 362 g/mol. The molecule has 5 heteroatoms. The SMILES string of the molecule is CCCNC(CSC(C)C)Cc1c(Br)c(CC)nn1C. The smallest absolute Gasteiger partial charge is 0.0766 e. The van der Waals surface area contributed by atoms with Crippen LogP contribution < -0.4 is 5.32 Å². The van der Waals surface area contributed by atoms with Crippen molar-refractivity contribution in [3.63, 3.8) is 0 Å². The van der Waals surface area contributed by atoms with Gasteiger partial charge in [-0.2, -0.15) is 16.9 Å². The highest BCUT2D eigenvalue weighted by atomic mass is 79.9. The fourth-order valence-electron chi connectivity index (χ4n) is 2.12. The molecule has 0 amide bonds. The van der Waals surface area contributed by atoms with Crippen LogP contribution in [0.1, 0.15) is 45.5 Å². The van der Waals surface area contributed by atoms with Crippen LogP contribution in [0.5, 0.6) is 0 Å². The molecule has 0 fully saturated rings. The number of aryl methyl sites for hydroxylation is 2. The number of nitrogens with one attached hydrogen (secondary N) is 1. The van der Waals surface area contributed by atoms with Crippen LogP contribution >= 0.6 is 27.7 Å². The molecule has 1 aromatic rings. The Morgan fingerprint density at radius 1 is 1.35 bits per heavy atom. The topological polar surface area (TPSA) is 29.9 Å². The van der Waals surface area contributed by atoms with Gasteiger partial charge in [0.25, 0.3) is 0 Å². The summed E-state index contributed by atoms with van der Waals surface area (Å²) in [4.78, 5) is 0. The van der Waals surface area contributed by atoms with Crippen LogP contribution in [-0.4, -0.2) is 33.4 Å². The Morgan fingerprint density at radius 3 is 2.55 bits per heavy atom. The summed E-state index contributed by atoms with van der Waals surface area (Å²) in [5.41, 5.74) is 2.47. The first-order valence-electron chi connectivity index (χ1n) is 7.54. The summed E-state index contributed by atoms with van der Waals surface area (Å²) < 4.78 is 3.23. The highest BCUT2D eigenvalue weighted by Gasteiger charge is 2.17. The fraction of sp³-hybridized carbons (Fsp3) is 0.800. The van der Waals surface area contributed by atoms with E-state index < -0.39 is 0 Å². The molecule has 1 unspecified atom stereocenters. The second kappa shape index (κ2) is 9.11. The highest BCUT2D eigenvalue weighted by molar-refractivity contribution is 9.10. The molecule has 1 rings (SSSR count). The van der Waals surface area contributed by atoms with Gasteiger partial charge in [0.1, 0.15) is 0 Å². The minimum absolute atomic E-state index is 0.513. The van der Waals surface area contributed by atoms with Gasteiger partial charge in [-0.25, -0.2) is 0 Å². The summed E-state index contributed by atoms with van der Waals surface area (Å²) in [7, 11) is 2.05. The van der Waals surface area contributed by atoms with E-state index in [9.17, 15) is 0 Å². The predicted molar refractivity (Wildman–Crippen MR) is 93.7 cm³/mol. The third-order valence-electron chi connectivity index (χ3n) is 3.26. The fourth-order valence-corrected chi connectivity index (χ4v) is 3.75. The van der Waals surface area contributed by atoms with Crippen LogP contribution in [0.15, 0.2) is 4.47 Å². The Balaban J connectivity index is 2.74. The number of thioether (sulfide) groups is 1. The van der Waals surface area contributed by atoms with Gasteiger partial charge in [-0.3, -0.25) is 4.68 Å². The molecular formula is C15H28BrN3S. The summed E-state index contributed by atoms with van der Waals surface area (Å²) in [6.07, 6.45) is 3.18. The van der Waals surface area contributed by atoms with Gasteiger partial charge in [0.05, 0.1) is 15.9 Å². The van der Waals surface area contributed by atoms with Crippen molar-refractivity contribution in [2.45, 2.75) is 58.2 Å². The van der Waals surface area contributed by atoms with Crippen LogP contribution in [0.2, 0.25) is 0 Å². The van der Waals surface area contributed by atoms with Crippen molar-refractivity contribution < 1.29 is 0 Å². The van der Waals surface area contributed by atoms with Crippen molar-refractivity contribution in [2.75, 3.05) is 12.3 Å². The Morgan fingerprint density at radius 2 is 2.05 bits per heavy atom. The first-order valence-corrected chi connectivity index (χ1v) is 9.38. The quantitative estimate of drug-likeness (QED) is 0.725. The molecule has 1 atom stereocenters. The lowest BCUT2D eigenvalue weighted by Crippen LogP contribution is -2.35. The van der Waals surface area contributed by atoms with Crippen LogP contribution in [-0.2, 0) is 19.9 Å². The normalized spacial score (nSPS) is 13.2. The first kappa shape index (κ1) is 18.1. The van der Waals surface area contributed by atoms with E-state index in [1.54, 1.807) is 0 Å². The summed E-state index contributed by atoms with van der Waals surface area (Å²) in [6.45, 7) is 9.97. The molecule has 0 aliphatic carbocycles. The van der Waals surface area contributed by atoms with Gasteiger partial charge in [-0.05, 0) is 40.6 Å². The maximum absolute atomic E-state index is 4.59. The monoisotopic (exact) mass is 361 g/mol.